The van der Waals surface area contributed by atoms with Crippen molar-refractivity contribution in [3.8, 4) is 5.75 Å². The monoisotopic (exact) mass is 327 g/mol. The summed E-state index contributed by atoms with van der Waals surface area (Å²) in [5.74, 6) is 0.319. The lowest BCUT2D eigenvalue weighted by atomic mass is 10.2. The van der Waals surface area contributed by atoms with E-state index < -0.39 is 10.0 Å². The number of sulfonamides is 1. The van der Waals surface area contributed by atoms with Crippen LogP contribution in [0.1, 0.15) is 5.56 Å². The number of rotatable bonds is 4. The zero-order valence-corrected chi connectivity index (χ0v) is 13.0. The molecule has 0 unspecified atom stereocenters. The number of anilines is 2. The molecule has 8 heteroatoms. The molecule has 112 valence electrons. The van der Waals surface area contributed by atoms with Crippen molar-refractivity contribution in [2.24, 2.45) is 0 Å². The van der Waals surface area contributed by atoms with Gasteiger partial charge in [-0.25, -0.2) is 13.4 Å². The van der Waals surface area contributed by atoms with Gasteiger partial charge in [-0.2, -0.15) is 0 Å². The Kier molecular flexibility index (Phi) is 4.24. The van der Waals surface area contributed by atoms with E-state index in [0.717, 1.165) is 5.56 Å². The minimum Gasteiger partial charge on any atom is -0.495 e. The molecule has 0 saturated carbocycles. The lowest BCUT2D eigenvalue weighted by Gasteiger charge is -2.13. The van der Waals surface area contributed by atoms with E-state index in [2.05, 4.69) is 9.71 Å². The Morgan fingerprint density at radius 2 is 2.05 bits per heavy atom. The molecule has 2 aromatic rings. The van der Waals surface area contributed by atoms with Crippen molar-refractivity contribution >= 4 is 33.1 Å². The number of nitrogens with two attached hydrogens (primary N) is 1. The first-order chi connectivity index (χ1) is 9.83. The van der Waals surface area contributed by atoms with E-state index in [1.165, 1.54) is 25.4 Å². The molecule has 1 heterocycles. The highest BCUT2D eigenvalue weighted by atomic mass is 35.5. The minimum absolute atomic E-state index is 0.0603. The smallest absolute Gasteiger partial charge is 0.266 e. The fraction of sp³-hybridized carbons (Fsp3) is 0.154. The third-order valence-corrected chi connectivity index (χ3v) is 4.41. The third kappa shape index (κ3) is 3.37. The molecular weight excluding hydrogens is 314 g/mol. The number of aromatic nitrogens is 1. The third-order valence-electron chi connectivity index (χ3n) is 2.80. The number of nitrogen functional groups attached to an aromatic ring is 1. The highest BCUT2D eigenvalue weighted by molar-refractivity contribution is 7.92. The van der Waals surface area contributed by atoms with Crippen molar-refractivity contribution in [2.45, 2.75) is 11.8 Å². The van der Waals surface area contributed by atoms with Crippen LogP contribution in [0.2, 0.25) is 5.02 Å². The van der Waals surface area contributed by atoms with Crippen LogP contribution in [0.15, 0.2) is 35.4 Å². The molecule has 0 spiro atoms. The van der Waals surface area contributed by atoms with Gasteiger partial charge < -0.3 is 10.5 Å². The predicted octanol–water partition coefficient (Wildman–Crippen LogP) is 2.44. The minimum atomic E-state index is -3.89. The highest BCUT2D eigenvalue weighted by Crippen LogP contribution is 2.30. The summed E-state index contributed by atoms with van der Waals surface area (Å²) in [7, 11) is -2.50. The lowest BCUT2D eigenvalue weighted by molar-refractivity contribution is 0.402. The maximum Gasteiger partial charge on any atom is 0.266 e. The number of benzene rings is 1. The number of halogens is 1. The Morgan fingerprint density at radius 3 is 2.67 bits per heavy atom. The average Bonchev–Trinajstić information content (AvgIpc) is 2.40. The zero-order valence-electron chi connectivity index (χ0n) is 11.4. The normalized spacial score (nSPS) is 11.2. The Morgan fingerprint density at radius 1 is 1.33 bits per heavy atom. The Bertz CT molecular complexity index is 778. The highest BCUT2D eigenvalue weighted by Gasteiger charge is 2.21. The number of hydrogen-bond donors (Lipinski definition) is 2. The fourth-order valence-electron chi connectivity index (χ4n) is 1.70. The molecular formula is C13H14ClN3O3S. The van der Waals surface area contributed by atoms with Crippen LogP contribution in [0, 0.1) is 6.92 Å². The Hall–Kier alpha value is -1.99. The lowest BCUT2D eigenvalue weighted by Crippen LogP contribution is -2.15. The summed E-state index contributed by atoms with van der Waals surface area (Å²) in [6, 6.07) is 5.86. The fourth-order valence-corrected chi connectivity index (χ4v) is 3.05. The largest absolute Gasteiger partial charge is 0.495 e. The van der Waals surface area contributed by atoms with Crippen LogP contribution in [0.3, 0.4) is 0 Å². The molecule has 0 aliphatic carbocycles. The van der Waals surface area contributed by atoms with Crippen molar-refractivity contribution in [3.05, 3.63) is 41.0 Å². The summed E-state index contributed by atoms with van der Waals surface area (Å²) in [6.45, 7) is 1.76. The molecule has 21 heavy (non-hydrogen) atoms. The summed E-state index contributed by atoms with van der Waals surface area (Å²) in [5.41, 5.74) is 6.86. The van der Waals surface area contributed by atoms with E-state index in [1.807, 2.05) is 0 Å². The quantitative estimate of drug-likeness (QED) is 0.841. The molecule has 1 aromatic carbocycles. The molecule has 1 aromatic heterocycles. The second-order valence-electron chi connectivity index (χ2n) is 4.32. The molecule has 6 nitrogen and oxygen atoms in total. The standard InChI is InChI=1S/C13H14ClN3O3S/c1-8-5-11(20-2)12(7-10(8)15)21(18,19)17-13-6-9(14)3-4-16-13/h3-7H,15H2,1-2H3,(H,16,17). The van der Waals surface area contributed by atoms with Crippen LogP contribution in [0.4, 0.5) is 11.5 Å². The number of methoxy groups -OCH3 is 1. The van der Waals surface area contributed by atoms with Crippen LogP contribution in [0.5, 0.6) is 5.75 Å². The first kappa shape index (κ1) is 15.4. The first-order valence-electron chi connectivity index (χ1n) is 5.92. The van der Waals surface area contributed by atoms with Crippen molar-refractivity contribution in [1.29, 1.82) is 0 Å². The second kappa shape index (κ2) is 5.79. The molecule has 0 saturated heterocycles. The average molecular weight is 328 g/mol. The molecule has 2 rings (SSSR count). The van der Waals surface area contributed by atoms with E-state index in [0.29, 0.717) is 10.7 Å². The molecule has 0 aliphatic heterocycles. The number of nitrogens with one attached hydrogen (secondary N) is 1. The maximum absolute atomic E-state index is 12.4. The summed E-state index contributed by atoms with van der Waals surface area (Å²) < 4.78 is 32.3. The molecule has 3 N–H and O–H groups in total. The van der Waals surface area contributed by atoms with Crippen LogP contribution < -0.4 is 15.2 Å². The summed E-state index contributed by atoms with van der Waals surface area (Å²) in [4.78, 5) is 3.84. The molecule has 0 radical (unpaired) electrons. The maximum atomic E-state index is 12.4. The topological polar surface area (TPSA) is 94.3 Å². The van der Waals surface area contributed by atoms with Crippen LogP contribution in [-0.2, 0) is 10.0 Å². The van der Waals surface area contributed by atoms with E-state index >= 15 is 0 Å². The molecule has 0 aliphatic rings. The number of ether oxygens (including phenoxy) is 1. The number of nitrogens with zero attached hydrogens (tertiary/aromatic N) is 1. The summed E-state index contributed by atoms with van der Waals surface area (Å²) in [5, 5.41) is 0.373. The van der Waals surface area contributed by atoms with Gasteiger partial charge in [-0.05, 0) is 30.7 Å². The first-order valence-corrected chi connectivity index (χ1v) is 7.78. The Labute approximate surface area is 128 Å². The Balaban J connectivity index is 2.47. The van der Waals surface area contributed by atoms with Gasteiger partial charge in [0.25, 0.3) is 10.0 Å². The summed E-state index contributed by atoms with van der Waals surface area (Å²) in [6.07, 6.45) is 1.40. The van der Waals surface area contributed by atoms with Crippen molar-refractivity contribution in [1.82, 2.24) is 4.98 Å². The van der Waals surface area contributed by atoms with Crippen molar-refractivity contribution in [3.63, 3.8) is 0 Å². The van der Waals surface area contributed by atoms with Gasteiger partial charge in [-0.15, -0.1) is 0 Å². The van der Waals surface area contributed by atoms with Crippen molar-refractivity contribution < 1.29 is 13.2 Å². The van der Waals surface area contributed by atoms with Gasteiger partial charge >= 0.3 is 0 Å². The van der Waals surface area contributed by atoms with Crippen LogP contribution >= 0.6 is 11.6 Å². The van der Waals surface area contributed by atoms with E-state index in [9.17, 15) is 8.42 Å². The van der Waals surface area contributed by atoms with Crippen molar-refractivity contribution in [2.75, 3.05) is 17.6 Å². The second-order valence-corrected chi connectivity index (χ2v) is 6.41. The summed E-state index contributed by atoms with van der Waals surface area (Å²) >= 11 is 5.80. The van der Waals surface area contributed by atoms with E-state index in [4.69, 9.17) is 22.1 Å². The predicted molar refractivity (Wildman–Crippen MR) is 82.2 cm³/mol. The molecule has 0 fully saturated rings. The zero-order chi connectivity index (χ0) is 15.6. The van der Waals surface area contributed by atoms with Gasteiger partial charge in [-0.1, -0.05) is 11.6 Å². The number of aryl methyl sites for hydroxylation is 1. The van der Waals surface area contributed by atoms with Gasteiger partial charge in [0.2, 0.25) is 0 Å². The molecule has 0 bridgehead atoms. The van der Waals surface area contributed by atoms with Gasteiger partial charge in [0.05, 0.1) is 7.11 Å². The van der Waals surface area contributed by atoms with Crippen LogP contribution in [0.25, 0.3) is 0 Å². The van der Waals surface area contributed by atoms with E-state index in [1.54, 1.807) is 19.1 Å². The van der Waals surface area contributed by atoms with Gasteiger partial charge in [-0.3, -0.25) is 4.72 Å². The van der Waals surface area contributed by atoms with Gasteiger partial charge in [0, 0.05) is 23.0 Å². The molecule has 0 amide bonds. The van der Waals surface area contributed by atoms with Crippen LogP contribution in [-0.4, -0.2) is 20.5 Å². The number of hydrogen-bond acceptors (Lipinski definition) is 5. The van der Waals surface area contributed by atoms with E-state index in [-0.39, 0.29) is 16.5 Å². The molecule has 0 atom stereocenters. The van der Waals surface area contributed by atoms with Gasteiger partial charge in [0.15, 0.2) is 0 Å². The number of pyridine rings is 1. The van der Waals surface area contributed by atoms with Gasteiger partial charge in [0.1, 0.15) is 16.5 Å². The SMILES string of the molecule is COc1cc(C)c(N)cc1S(=O)(=O)Nc1cc(Cl)ccn1.